The van der Waals surface area contributed by atoms with Crippen molar-refractivity contribution in [1.29, 1.82) is 0 Å². The van der Waals surface area contributed by atoms with Crippen LogP contribution in [0.1, 0.15) is 5.56 Å². The second-order valence-electron chi connectivity index (χ2n) is 4.19. The van der Waals surface area contributed by atoms with E-state index in [1.54, 1.807) is 11.3 Å². The molecule has 0 radical (unpaired) electrons. The number of anilines is 3. The van der Waals surface area contributed by atoms with E-state index in [4.69, 9.17) is 5.73 Å². The molecule has 3 rings (SSSR count). The lowest BCUT2D eigenvalue weighted by Crippen LogP contribution is -1.91. The third-order valence-electron chi connectivity index (χ3n) is 2.80. The third-order valence-corrected chi connectivity index (χ3v) is 3.73. The summed E-state index contributed by atoms with van der Waals surface area (Å²) < 4.78 is 1.10. The number of aromatic nitrogens is 1. The highest BCUT2D eigenvalue weighted by atomic mass is 32.1. The second-order valence-corrected chi connectivity index (χ2v) is 5.22. The summed E-state index contributed by atoms with van der Waals surface area (Å²) in [4.78, 5) is 4.54. The van der Waals surface area contributed by atoms with E-state index in [0.29, 0.717) is 0 Å². The number of nitrogens with one attached hydrogen (secondary N) is 1. The van der Waals surface area contributed by atoms with Crippen molar-refractivity contribution < 1.29 is 0 Å². The second kappa shape index (κ2) is 4.31. The van der Waals surface area contributed by atoms with Gasteiger partial charge in [0, 0.05) is 11.4 Å². The first-order valence-corrected chi connectivity index (χ1v) is 6.53. The number of thiazole rings is 1. The Morgan fingerprint density at radius 1 is 1.17 bits per heavy atom. The molecule has 0 aliphatic rings. The van der Waals surface area contributed by atoms with Crippen LogP contribution >= 0.6 is 11.3 Å². The Hall–Kier alpha value is -2.07. The third kappa shape index (κ3) is 2.02. The highest BCUT2D eigenvalue weighted by Gasteiger charge is 2.05. The van der Waals surface area contributed by atoms with Gasteiger partial charge in [-0.2, -0.15) is 0 Å². The number of nitrogen functional groups attached to an aromatic ring is 1. The molecular formula is C14H13N3S. The van der Waals surface area contributed by atoms with Crippen LogP contribution in [-0.4, -0.2) is 4.98 Å². The average molecular weight is 255 g/mol. The maximum absolute atomic E-state index is 5.77. The molecule has 0 aliphatic carbocycles. The van der Waals surface area contributed by atoms with Gasteiger partial charge in [-0.05, 0) is 36.8 Å². The van der Waals surface area contributed by atoms with Gasteiger partial charge in [-0.15, -0.1) is 0 Å². The normalized spacial score (nSPS) is 10.7. The van der Waals surface area contributed by atoms with Gasteiger partial charge in [-0.25, -0.2) is 4.98 Å². The molecule has 3 aromatic rings. The Morgan fingerprint density at radius 2 is 2.00 bits per heavy atom. The summed E-state index contributed by atoms with van der Waals surface area (Å²) in [5.41, 5.74) is 9.81. The minimum atomic E-state index is 0.772. The zero-order chi connectivity index (χ0) is 12.5. The average Bonchev–Trinajstić information content (AvgIpc) is 2.73. The van der Waals surface area contributed by atoms with E-state index in [1.165, 1.54) is 5.56 Å². The largest absolute Gasteiger partial charge is 0.399 e. The van der Waals surface area contributed by atoms with Gasteiger partial charge in [-0.1, -0.05) is 29.5 Å². The number of rotatable bonds is 2. The van der Waals surface area contributed by atoms with Crippen LogP contribution in [0.15, 0.2) is 42.5 Å². The van der Waals surface area contributed by atoms with Crippen LogP contribution in [0.5, 0.6) is 0 Å². The Kier molecular flexibility index (Phi) is 2.64. The SMILES string of the molecule is Cc1ccccc1Nc1nc2ccc(N)cc2s1. The molecule has 18 heavy (non-hydrogen) atoms. The number of nitrogens with zero attached hydrogens (tertiary/aromatic N) is 1. The fraction of sp³-hybridized carbons (Fsp3) is 0.0714. The minimum Gasteiger partial charge on any atom is -0.399 e. The van der Waals surface area contributed by atoms with E-state index in [2.05, 4.69) is 29.4 Å². The molecule has 4 heteroatoms. The number of aryl methyl sites for hydroxylation is 1. The van der Waals surface area contributed by atoms with Gasteiger partial charge in [-0.3, -0.25) is 0 Å². The Balaban J connectivity index is 1.98. The molecule has 1 aromatic heterocycles. The van der Waals surface area contributed by atoms with Crippen LogP contribution < -0.4 is 11.1 Å². The van der Waals surface area contributed by atoms with Gasteiger partial charge in [0.25, 0.3) is 0 Å². The summed E-state index contributed by atoms with van der Waals surface area (Å²) in [5.74, 6) is 0. The molecule has 0 saturated carbocycles. The fourth-order valence-corrected chi connectivity index (χ4v) is 2.75. The first-order chi connectivity index (χ1) is 8.72. The molecule has 0 atom stereocenters. The van der Waals surface area contributed by atoms with Gasteiger partial charge in [0.15, 0.2) is 5.13 Å². The van der Waals surface area contributed by atoms with Crippen molar-refractivity contribution in [3.05, 3.63) is 48.0 Å². The maximum Gasteiger partial charge on any atom is 0.188 e. The topological polar surface area (TPSA) is 50.9 Å². The molecule has 0 aliphatic heterocycles. The molecule has 90 valence electrons. The summed E-state index contributed by atoms with van der Waals surface area (Å²) in [6, 6.07) is 13.9. The Bertz CT molecular complexity index is 703. The van der Waals surface area contributed by atoms with Crippen molar-refractivity contribution >= 4 is 38.1 Å². The number of para-hydroxylation sites is 1. The van der Waals surface area contributed by atoms with Crippen LogP contribution in [-0.2, 0) is 0 Å². The Labute approximate surface area is 109 Å². The molecule has 0 unspecified atom stereocenters. The molecule has 0 amide bonds. The predicted octanol–water partition coefficient (Wildman–Crippen LogP) is 3.93. The van der Waals surface area contributed by atoms with Crippen molar-refractivity contribution in [2.24, 2.45) is 0 Å². The van der Waals surface area contributed by atoms with Gasteiger partial charge in [0.2, 0.25) is 0 Å². The van der Waals surface area contributed by atoms with Crippen molar-refractivity contribution in [1.82, 2.24) is 4.98 Å². The maximum atomic E-state index is 5.77. The van der Waals surface area contributed by atoms with E-state index in [-0.39, 0.29) is 0 Å². The van der Waals surface area contributed by atoms with Crippen LogP contribution in [0.25, 0.3) is 10.2 Å². The summed E-state index contributed by atoms with van der Waals surface area (Å²) in [6.45, 7) is 2.08. The number of hydrogen-bond acceptors (Lipinski definition) is 4. The number of hydrogen-bond donors (Lipinski definition) is 2. The Morgan fingerprint density at radius 3 is 2.83 bits per heavy atom. The van der Waals surface area contributed by atoms with Crippen molar-refractivity contribution in [2.75, 3.05) is 11.1 Å². The number of benzene rings is 2. The molecule has 3 nitrogen and oxygen atoms in total. The molecule has 2 aromatic carbocycles. The van der Waals surface area contributed by atoms with Crippen molar-refractivity contribution in [3.63, 3.8) is 0 Å². The van der Waals surface area contributed by atoms with Crippen LogP contribution in [0.3, 0.4) is 0 Å². The standard InChI is InChI=1S/C14H13N3S/c1-9-4-2-3-5-11(9)16-14-17-12-7-6-10(15)8-13(12)18-14/h2-8H,15H2,1H3,(H,16,17). The molecule has 0 spiro atoms. The number of fused-ring (bicyclic) bond motifs is 1. The molecule has 1 heterocycles. The van der Waals surface area contributed by atoms with Gasteiger partial charge in [0.05, 0.1) is 10.2 Å². The lowest BCUT2D eigenvalue weighted by molar-refractivity contribution is 1.40. The van der Waals surface area contributed by atoms with E-state index >= 15 is 0 Å². The van der Waals surface area contributed by atoms with Crippen molar-refractivity contribution in [2.45, 2.75) is 6.92 Å². The van der Waals surface area contributed by atoms with Gasteiger partial charge >= 0.3 is 0 Å². The first-order valence-electron chi connectivity index (χ1n) is 5.71. The van der Waals surface area contributed by atoms with Gasteiger partial charge in [0.1, 0.15) is 0 Å². The molecular weight excluding hydrogens is 242 g/mol. The number of nitrogens with two attached hydrogens (primary N) is 1. The zero-order valence-electron chi connectivity index (χ0n) is 9.97. The predicted molar refractivity (Wildman–Crippen MR) is 78.5 cm³/mol. The summed E-state index contributed by atoms with van der Waals surface area (Å²) in [5, 5.41) is 4.24. The van der Waals surface area contributed by atoms with Crippen LogP contribution in [0.2, 0.25) is 0 Å². The zero-order valence-corrected chi connectivity index (χ0v) is 10.8. The van der Waals surface area contributed by atoms with E-state index in [0.717, 1.165) is 26.7 Å². The minimum absolute atomic E-state index is 0.772. The monoisotopic (exact) mass is 255 g/mol. The molecule has 3 N–H and O–H groups in total. The van der Waals surface area contributed by atoms with Crippen molar-refractivity contribution in [3.8, 4) is 0 Å². The van der Waals surface area contributed by atoms with E-state index in [1.807, 2.05) is 30.3 Å². The highest BCUT2D eigenvalue weighted by molar-refractivity contribution is 7.22. The summed E-state index contributed by atoms with van der Waals surface area (Å²) >= 11 is 1.61. The van der Waals surface area contributed by atoms with Gasteiger partial charge < -0.3 is 11.1 Å². The lowest BCUT2D eigenvalue weighted by atomic mass is 10.2. The first kappa shape index (κ1) is 11.0. The summed E-state index contributed by atoms with van der Waals surface area (Å²) in [7, 11) is 0. The summed E-state index contributed by atoms with van der Waals surface area (Å²) in [6.07, 6.45) is 0. The molecule has 0 saturated heterocycles. The highest BCUT2D eigenvalue weighted by Crippen LogP contribution is 2.30. The lowest BCUT2D eigenvalue weighted by Gasteiger charge is -2.04. The smallest absolute Gasteiger partial charge is 0.188 e. The van der Waals surface area contributed by atoms with Crippen LogP contribution in [0, 0.1) is 6.92 Å². The molecule has 0 fully saturated rings. The quantitative estimate of drug-likeness (QED) is 0.682. The van der Waals surface area contributed by atoms with E-state index < -0.39 is 0 Å². The van der Waals surface area contributed by atoms with E-state index in [9.17, 15) is 0 Å². The fourth-order valence-electron chi connectivity index (χ4n) is 1.82. The molecule has 0 bridgehead atoms. The van der Waals surface area contributed by atoms with Crippen LogP contribution in [0.4, 0.5) is 16.5 Å².